The zero-order chi connectivity index (χ0) is 11.8. The Morgan fingerprint density at radius 1 is 1.25 bits per heavy atom. The van der Waals surface area contributed by atoms with Crippen LogP contribution in [0.2, 0.25) is 0 Å². The molecule has 0 saturated heterocycles. The Labute approximate surface area is 93.8 Å². The number of thioether (sulfide) groups is 1. The van der Waals surface area contributed by atoms with Crippen LogP contribution >= 0.6 is 11.8 Å². The molecule has 0 bridgehead atoms. The molecule has 2 aromatic rings. The van der Waals surface area contributed by atoms with E-state index < -0.39 is 5.51 Å². The van der Waals surface area contributed by atoms with Gasteiger partial charge in [-0.05, 0) is 12.1 Å². The number of alkyl halides is 3. The van der Waals surface area contributed by atoms with Crippen molar-refractivity contribution in [3.8, 4) is 5.75 Å². The Kier molecular flexibility index (Phi) is 2.75. The minimum atomic E-state index is -4.33. The van der Waals surface area contributed by atoms with E-state index in [0.717, 1.165) is 0 Å². The Balaban J connectivity index is 2.52. The monoisotopic (exact) mass is 247 g/mol. The molecule has 0 aliphatic heterocycles. The van der Waals surface area contributed by atoms with E-state index in [2.05, 4.69) is 4.98 Å². The van der Waals surface area contributed by atoms with Gasteiger partial charge in [-0.25, -0.2) is 0 Å². The number of ether oxygens (including phenoxy) is 1. The second-order valence-corrected chi connectivity index (χ2v) is 4.16. The van der Waals surface area contributed by atoms with E-state index in [1.54, 1.807) is 24.3 Å². The average molecular weight is 247 g/mol. The maximum absolute atomic E-state index is 12.3. The Morgan fingerprint density at radius 2 is 1.94 bits per heavy atom. The first kappa shape index (κ1) is 11.2. The van der Waals surface area contributed by atoms with Crippen molar-refractivity contribution >= 4 is 22.7 Å². The average Bonchev–Trinajstić information content (AvgIpc) is 2.51. The number of hydrogen-bond donors (Lipinski definition) is 1. The summed E-state index contributed by atoms with van der Waals surface area (Å²) < 4.78 is 41.8. The van der Waals surface area contributed by atoms with E-state index in [-0.39, 0.29) is 22.5 Å². The molecule has 1 aromatic carbocycles. The molecule has 0 atom stereocenters. The van der Waals surface area contributed by atoms with Crippen molar-refractivity contribution in [1.82, 2.24) is 4.98 Å². The lowest BCUT2D eigenvalue weighted by Crippen LogP contribution is -1.99. The van der Waals surface area contributed by atoms with Gasteiger partial charge in [-0.3, -0.25) is 0 Å². The fourth-order valence-electron chi connectivity index (χ4n) is 1.48. The predicted molar refractivity (Wildman–Crippen MR) is 56.8 cm³/mol. The highest BCUT2D eigenvalue weighted by atomic mass is 32.2. The Bertz CT molecular complexity index is 506. The molecule has 0 fully saturated rings. The largest absolute Gasteiger partial charge is 0.493 e. The van der Waals surface area contributed by atoms with Gasteiger partial charge in [0.05, 0.1) is 12.6 Å². The maximum atomic E-state index is 12.3. The molecule has 0 aliphatic carbocycles. The van der Waals surface area contributed by atoms with Crippen LogP contribution in [0.25, 0.3) is 10.9 Å². The van der Waals surface area contributed by atoms with E-state index in [1.165, 1.54) is 7.11 Å². The van der Waals surface area contributed by atoms with Crippen LogP contribution in [0.5, 0.6) is 5.75 Å². The van der Waals surface area contributed by atoms with Crippen molar-refractivity contribution in [3.63, 3.8) is 0 Å². The summed E-state index contributed by atoms with van der Waals surface area (Å²) in [5.74, 6) is 0.234. The minimum Gasteiger partial charge on any atom is -0.493 e. The summed E-state index contributed by atoms with van der Waals surface area (Å²) in [4.78, 5) is 2.69. The van der Waals surface area contributed by atoms with Crippen LogP contribution in [-0.2, 0) is 0 Å². The SMILES string of the molecule is COc1c(SC(F)(F)F)[nH]c2ccccc12. The molecule has 1 N–H and O–H groups in total. The molecule has 0 saturated carbocycles. The first-order valence-electron chi connectivity index (χ1n) is 4.41. The highest BCUT2D eigenvalue weighted by Gasteiger charge is 2.32. The molecule has 1 heterocycles. The molecule has 0 radical (unpaired) electrons. The number of aromatic amines is 1. The van der Waals surface area contributed by atoms with E-state index >= 15 is 0 Å². The topological polar surface area (TPSA) is 25.0 Å². The van der Waals surface area contributed by atoms with Gasteiger partial charge in [0.1, 0.15) is 5.03 Å². The number of fused-ring (bicyclic) bond motifs is 1. The molecule has 0 amide bonds. The lowest BCUT2D eigenvalue weighted by molar-refractivity contribution is -0.0330. The van der Waals surface area contributed by atoms with Gasteiger partial charge < -0.3 is 9.72 Å². The normalized spacial score (nSPS) is 12.0. The number of methoxy groups -OCH3 is 1. The van der Waals surface area contributed by atoms with Gasteiger partial charge in [0.15, 0.2) is 5.75 Å². The molecular weight excluding hydrogens is 239 g/mol. The molecule has 0 spiro atoms. The van der Waals surface area contributed by atoms with Gasteiger partial charge in [0.2, 0.25) is 0 Å². The van der Waals surface area contributed by atoms with Gasteiger partial charge in [0, 0.05) is 17.1 Å². The summed E-state index contributed by atoms with van der Waals surface area (Å²) in [6, 6.07) is 6.92. The van der Waals surface area contributed by atoms with Crippen LogP contribution in [0.1, 0.15) is 0 Å². The van der Waals surface area contributed by atoms with Crippen LogP contribution in [-0.4, -0.2) is 17.6 Å². The highest BCUT2D eigenvalue weighted by molar-refractivity contribution is 8.00. The van der Waals surface area contributed by atoms with Gasteiger partial charge in [-0.2, -0.15) is 13.2 Å². The second kappa shape index (κ2) is 3.93. The smallest absolute Gasteiger partial charge is 0.447 e. The molecule has 2 nitrogen and oxygen atoms in total. The molecular formula is C10H8F3NOS. The molecule has 0 unspecified atom stereocenters. The second-order valence-electron chi connectivity index (χ2n) is 3.08. The molecule has 0 aliphatic rings. The van der Waals surface area contributed by atoms with E-state index in [1.807, 2.05) is 0 Å². The Hall–Kier alpha value is -1.30. The van der Waals surface area contributed by atoms with Crippen LogP contribution in [0.3, 0.4) is 0 Å². The fourth-order valence-corrected chi connectivity index (χ4v) is 2.16. The first-order valence-corrected chi connectivity index (χ1v) is 5.23. The third-order valence-electron chi connectivity index (χ3n) is 2.05. The van der Waals surface area contributed by atoms with Crippen LogP contribution in [0, 0.1) is 0 Å². The number of rotatable bonds is 2. The lowest BCUT2D eigenvalue weighted by atomic mass is 10.2. The van der Waals surface area contributed by atoms with Crippen molar-refractivity contribution in [1.29, 1.82) is 0 Å². The third-order valence-corrected chi connectivity index (χ3v) is 2.77. The number of aromatic nitrogens is 1. The summed E-state index contributed by atoms with van der Waals surface area (Å²) in [6.45, 7) is 0. The highest BCUT2D eigenvalue weighted by Crippen LogP contribution is 2.43. The number of para-hydroxylation sites is 1. The zero-order valence-electron chi connectivity index (χ0n) is 8.26. The van der Waals surface area contributed by atoms with Crippen LogP contribution in [0.4, 0.5) is 13.2 Å². The number of H-pyrrole nitrogens is 1. The first-order chi connectivity index (χ1) is 7.51. The Morgan fingerprint density at radius 3 is 2.56 bits per heavy atom. The number of halogens is 3. The van der Waals surface area contributed by atoms with Gasteiger partial charge in [-0.1, -0.05) is 12.1 Å². The van der Waals surface area contributed by atoms with E-state index in [4.69, 9.17) is 4.74 Å². The van der Waals surface area contributed by atoms with E-state index in [9.17, 15) is 13.2 Å². The number of hydrogen-bond acceptors (Lipinski definition) is 2. The van der Waals surface area contributed by atoms with Gasteiger partial charge >= 0.3 is 5.51 Å². The fraction of sp³-hybridized carbons (Fsp3) is 0.200. The van der Waals surface area contributed by atoms with Crippen molar-refractivity contribution in [2.45, 2.75) is 10.5 Å². The molecule has 86 valence electrons. The van der Waals surface area contributed by atoms with Crippen molar-refractivity contribution in [2.24, 2.45) is 0 Å². The van der Waals surface area contributed by atoms with Crippen LogP contribution < -0.4 is 4.74 Å². The van der Waals surface area contributed by atoms with Gasteiger partial charge in [0.25, 0.3) is 0 Å². The number of nitrogens with one attached hydrogen (secondary N) is 1. The summed E-state index contributed by atoms with van der Waals surface area (Å²) in [7, 11) is 1.36. The van der Waals surface area contributed by atoms with Crippen molar-refractivity contribution in [3.05, 3.63) is 24.3 Å². The molecule has 6 heteroatoms. The molecule has 2 rings (SSSR count). The molecule has 1 aromatic heterocycles. The number of benzene rings is 1. The maximum Gasteiger partial charge on any atom is 0.447 e. The lowest BCUT2D eigenvalue weighted by Gasteiger charge is -2.05. The summed E-state index contributed by atoms with van der Waals surface area (Å²) >= 11 is -0.203. The summed E-state index contributed by atoms with van der Waals surface area (Å²) in [6.07, 6.45) is 0. The van der Waals surface area contributed by atoms with E-state index in [0.29, 0.717) is 10.9 Å². The molecule has 16 heavy (non-hydrogen) atoms. The van der Waals surface area contributed by atoms with Crippen LogP contribution in [0.15, 0.2) is 29.3 Å². The summed E-state index contributed by atoms with van der Waals surface area (Å²) in [5, 5.41) is 0.632. The standard InChI is InChI=1S/C10H8F3NOS/c1-15-8-6-4-2-3-5-7(6)14-9(8)16-10(11,12)13/h2-5,14H,1H3. The quantitative estimate of drug-likeness (QED) is 0.817. The van der Waals surface area contributed by atoms with Crippen molar-refractivity contribution in [2.75, 3.05) is 7.11 Å². The summed E-state index contributed by atoms with van der Waals surface area (Å²) in [5.41, 5.74) is -3.69. The minimum absolute atomic E-state index is 0.0174. The van der Waals surface area contributed by atoms with Gasteiger partial charge in [-0.15, -0.1) is 0 Å². The third kappa shape index (κ3) is 2.11. The predicted octanol–water partition coefficient (Wildman–Crippen LogP) is 3.79. The zero-order valence-corrected chi connectivity index (χ0v) is 9.08. The van der Waals surface area contributed by atoms with Crippen molar-refractivity contribution < 1.29 is 17.9 Å².